The van der Waals surface area contributed by atoms with E-state index in [0.29, 0.717) is 11.3 Å². The first-order chi connectivity index (χ1) is 13.2. The second kappa shape index (κ2) is 6.99. The molecule has 0 saturated heterocycles. The molecule has 1 aliphatic heterocycles. The number of benzene rings is 2. The van der Waals surface area contributed by atoms with Gasteiger partial charge in [0.2, 0.25) is 0 Å². The highest BCUT2D eigenvalue weighted by Crippen LogP contribution is 2.35. The first kappa shape index (κ1) is 16.9. The Morgan fingerprint density at radius 2 is 1.81 bits per heavy atom. The number of ether oxygens (including phenoxy) is 1. The van der Waals surface area contributed by atoms with Crippen molar-refractivity contribution < 1.29 is 14.3 Å². The van der Waals surface area contributed by atoms with E-state index in [1.807, 2.05) is 60.8 Å². The summed E-state index contributed by atoms with van der Waals surface area (Å²) in [5.74, 6) is -0.459. The molecule has 2 heterocycles. The van der Waals surface area contributed by atoms with Crippen LogP contribution in [0.2, 0.25) is 0 Å². The number of carbonyl (C=O) groups is 2. The van der Waals surface area contributed by atoms with Crippen LogP contribution in [0.25, 0.3) is 16.6 Å². The van der Waals surface area contributed by atoms with Crippen LogP contribution in [-0.4, -0.2) is 23.6 Å². The molecule has 136 valence electrons. The van der Waals surface area contributed by atoms with Crippen LogP contribution in [0.5, 0.6) is 0 Å². The first-order valence-corrected chi connectivity index (χ1v) is 8.79. The van der Waals surface area contributed by atoms with Gasteiger partial charge < -0.3 is 20.4 Å². The van der Waals surface area contributed by atoms with Crippen LogP contribution in [0.1, 0.15) is 24.1 Å². The average Bonchev–Trinajstić information content (AvgIpc) is 3.12. The molecule has 6 heteroatoms. The molecule has 1 aromatic heterocycles. The molecule has 1 aliphatic rings. The lowest BCUT2D eigenvalue weighted by Crippen LogP contribution is -2.45. The maximum Gasteiger partial charge on any atom is 0.338 e. The maximum absolute atomic E-state index is 12.8. The average molecular weight is 361 g/mol. The van der Waals surface area contributed by atoms with Gasteiger partial charge in [-0.25, -0.2) is 9.59 Å². The Morgan fingerprint density at radius 3 is 2.59 bits per heavy atom. The zero-order chi connectivity index (χ0) is 18.8. The van der Waals surface area contributed by atoms with Crippen LogP contribution in [0.4, 0.5) is 4.79 Å². The Bertz CT molecular complexity index is 1040. The van der Waals surface area contributed by atoms with Crippen molar-refractivity contribution in [2.45, 2.75) is 13.0 Å². The summed E-state index contributed by atoms with van der Waals surface area (Å²) in [6, 6.07) is 16.1. The topological polar surface area (TPSA) is 83.2 Å². The molecule has 1 atom stereocenters. The van der Waals surface area contributed by atoms with Crippen molar-refractivity contribution in [3.63, 3.8) is 0 Å². The summed E-state index contributed by atoms with van der Waals surface area (Å²) in [4.78, 5) is 28.4. The molecular formula is C21H19N3O3. The number of aromatic amines is 1. The Morgan fingerprint density at radius 1 is 1.07 bits per heavy atom. The van der Waals surface area contributed by atoms with Crippen LogP contribution >= 0.6 is 0 Å². The fourth-order valence-electron chi connectivity index (χ4n) is 3.39. The molecule has 3 aromatic rings. The summed E-state index contributed by atoms with van der Waals surface area (Å²) in [5.41, 5.74) is 3.35. The number of H-pyrrole nitrogens is 1. The Kier molecular flexibility index (Phi) is 4.38. The number of rotatable bonds is 4. The van der Waals surface area contributed by atoms with E-state index in [2.05, 4.69) is 15.6 Å². The number of urea groups is 1. The lowest BCUT2D eigenvalue weighted by molar-refractivity contribution is -0.138. The number of hydrogen-bond acceptors (Lipinski definition) is 3. The number of para-hydroxylation sites is 1. The van der Waals surface area contributed by atoms with Crippen LogP contribution in [-0.2, 0) is 9.53 Å². The van der Waals surface area contributed by atoms with Gasteiger partial charge in [0.25, 0.3) is 0 Å². The third-order valence-corrected chi connectivity index (χ3v) is 4.56. The zero-order valence-electron chi connectivity index (χ0n) is 14.8. The molecule has 6 nitrogen and oxygen atoms in total. The highest BCUT2D eigenvalue weighted by atomic mass is 16.5. The van der Waals surface area contributed by atoms with E-state index in [1.54, 1.807) is 6.92 Å². The second-order valence-corrected chi connectivity index (χ2v) is 6.20. The second-order valence-electron chi connectivity index (χ2n) is 6.20. The van der Waals surface area contributed by atoms with Crippen LogP contribution in [0, 0.1) is 0 Å². The van der Waals surface area contributed by atoms with Gasteiger partial charge >= 0.3 is 12.0 Å². The van der Waals surface area contributed by atoms with Gasteiger partial charge in [0.05, 0.1) is 23.9 Å². The van der Waals surface area contributed by atoms with Crippen LogP contribution < -0.4 is 10.6 Å². The quantitative estimate of drug-likeness (QED) is 0.622. The predicted molar refractivity (Wildman–Crippen MR) is 103 cm³/mol. The summed E-state index contributed by atoms with van der Waals surface area (Å²) in [6.45, 7) is 2.01. The van der Waals surface area contributed by atoms with Crippen molar-refractivity contribution in [1.82, 2.24) is 15.6 Å². The number of nitrogens with one attached hydrogen (secondary N) is 3. The monoisotopic (exact) mass is 361 g/mol. The van der Waals surface area contributed by atoms with Crippen LogP contribution in [0.3, 0.4) is 0 Å². The van der Waals surface area contributed by atoms with Crippen molar-refractivity contribution in [2.75, 3.05) is 6.61 Å². The van der Waals surface area contributed by atoms with Gasteiger partial charge in [-0.2, -0.15) is 0 Å². The van der Waals surface area contributed by atoms with Gasteiger partial charge in [-0.3, -0.25) is 0 Å². The predicted octanol–water partition coefficient (Wildman–Crippen LogP) is 3.50. The fourth-order valence-corrected chi connectivity index (χ4v) is 3.39. The zero-order valence-corrected chi connectivity index (χ0v) is 14.8. The molecule has 0 aliphatic carbocycles. The molecule has 2 aromatic carbocycles. The van der Waals surface area contributed by atoms with E-state index in [1.165, 1.54) is 0 Å². The molecule has 0 fully saturated rings. The highest BCUT2D eigenvalue weighted by molar-refractivity contribution is 6.05. The molecule has 0 saturated carbocycles. The number of esters is 1. The molecule has 4 rings (SSSR count). The van der Waals surface area contributed by atoms with Gasteiger partial charge in [-0.1, -0.05) is 48.5 Å². The minimum Gasteiger partial charge on any atom is -0.463 e. The van der Waals surface area contributed by atoms with E-state index in [-0.39, 0.29) is 12.6 Å². The fraction of sp³-hybridized carbons (Fsp3) is 0.143. The minimum absolute atomic E-state index is 0.249. The van der Waals surface area contributed by atoms with Crippen molar-refractivity contribution in [3.05, 3.63) is 77.5 Å². The van der Waals surface area contributed by atoms with E-state index < -0.39 is 12.0 Å². The van der Waals surface area contributed by atoms with Crippen molar-refractivity contribution in [3.8, 4) is 0 Å². The molecule has 0 bridgehead atoms. The molecular weight excluding hydrogens is 342 g/mol. The van der Waals surface area contributed by atoms with Crippen molar-refractivity contribution in [1.29, 1.82) is 0 Å². The first-order valence-electron chi connectivity index (χ1n) is 8.79. The molecule has 2 amide bonds. The van der Waals surface area contributed by atoms with E-state index >= 15 is 0 Å². The van der Waals surface area contributed by atoms with Gasteiger partial charge in [0.15, 0.2) is 0 Å². The lowest BCUT2D eigenvalue weighted by atomic mass is 9.92. The summed E-state index contributed by atoms with van der Waals surface area (Å²) in [6.07, 6.45) is 1.82. The number of hydrogen-bond donors (Lipinski definition) is 3. The normalized spacial score (nSPS) is 16.8. The number of amides is 2. The number of aromatic nitrogens is 1. The van der Waals surface area contributed by atoms with Crippen LogP contribution in [0.15, 0.2) is 66.4 Å². The van der Waals surface area contributed by atoms with Crippen molar-refractivity contribution in [2.24, 2.45) is 0 Å². The third kappa shape index (κ3) is 3.06. The summed E-state index contributed by atoms with van der Waals surface area (Å²) in [5, 5.41) is 6.60. The number of fused-ring (bicyclic) bond motifs is 1. The van der Waals surface area contributed by atoms with E-state index in [9.17, 15) is 9.59 Å². The van der Waals surface area contributed by atoms with E-state index in [0.717, 1.165) is 22.0 Å². The smallest absolute Gasteiger partial charge is 0.338 e. The Labute approximate surface area is 156 Å². The molecule has 3 N–H and O–H groups in total. The molecule has 27 heavy (non-hydrogen) atoms. The minimum atomic E-state index is -0.621. The molecule has 1 unspecified atom stereocenters. The van der Waals surface area contributed by atoms with E-state index in [4.69, 9.17) is 4.74 Å². The SMILES string of the molecule is CCOC(=O)C1=C(c2ccccc2)NC(=O)NC1c1c[nH]c2ccccc12. The maximum atomic E-state index is 12.8. The van der Waals surface area contributed by atoms with Gasteiger partial charge in [0, 0.05) is 22.7 Å². The highest BCUT2D eigenvalue weighted by Gasteiger charge is 2.35. The summed E-state index contributed by atoms with van der Waals surface area (Å²) >= 11 is 0. The largest absolute Gasteiger partial charge is 0.463 e. The van der Waals surface area contributed by atoms with Gasteiger partial charge in [-0.15, -0.1) is 0 Å². The Balaban J connectivity index is 1.93. The van der Waals surface area contributed by atoms with Gasteiger partial charge in [-0.05, 0) is 18.6 Å². The van der Waals surface area contributed by atoms with Crippen molar-refractivity contribution >= 4 is 28.6 Å². The number of carbonyl (C=O) groups excluding carboxylic acids is 2. The van der Waals surface area contributed by atoms with Gasteiger partial charge in [0.1, 0.15) is 0 Å². The Hall–Kier alpha value is -3.54. The third-order valence-electron chi connectivity index (χ3n) is 4.56. The summed E-state index contributed by atoms with van der Waals surface area (Å²) < 4.78 is 5.31. The standard InChI is InChI=1S/C21H19N3O3/c1-2-27-20(25)17-18(13-8-4-3-5-9-13)23-21(26)24-19(17)15-12-22-16-11-7-6-10-14(15)16/h3-12,19,22H,2H2,1H3,(H2,23,24,26). The lowest BCUT2D eigenvalue weighted by Gasteiger charge is -2.29. The summed E-state index contributed by atoms with van der Waals surface area (Å²) in [7, 11) is 0. The molecule has 0 radical (unpaired) electrons. The molecule has 0 spiro atoms.